The van der Waals surface area contributed by atoms with E-state index < -0.39 is 0 Å². The Morgan fingerprint density at radius 1 is 1.58 bits per heavy atom. The van der Waals surface area contributed by atoms with Gasteiger partial charge in [-0.25, -0.2) is 14.2 Å². The molecule has 12 heavy (non-hydrogen) atoms. The van der Waals surface area contributed by atoms with E-state index in [2.05, 4.69) is 20.9 Å². The number of hydrogen-bond acceptors (Lipinski definition) is 2. The van der Waals surface area contributed by atoms with Crippen molar-refractivity contribution in [1.29, 1.82) is 0 Å². The Kier molecular flexibility index (Phi) is 3.14. The fraction of sp³-hybridized carbons (Fsp3) is 0.125. The van der Waals surface area contributed by atoms with Crippen LogP contribution in [0.15, 0.2) is 27.7 Å². The van der Waals surface area contributed by atoms with Gasteiger partial charge in [0.25, 0.3) is 0 Å². The van der Waals surface area contributed by atoms with Crippen LogP contribution in [0.3, 0.4) is 0 Å². The van der Waals surface area contributed by atoms with E-state index in [1.807, 2.05) is 0 Å². The van der Waals surface area contributed by atoms with Crippen LogP contribution in [0.5, 0.6) is 0 Å². The molecule has 0 saturated carbocycles. The second-order valence-electron chi connectivity index (χ2n) is 2.12. The monoisotopic (exact) mass is 229 g/mol. The molecule has 1 aromatic carbocycles. The fourth-order valence-corrected chi connectivity index (χ4v) is 1.18. The van der Waals surface area contributed by atoms with E-state index in [1.54, 1.807) is 12.1 Å². The Morgan fingerprint density at radius 2 is 2.33 bits per heavy atom. The molecule has 0 aliphatic carbocycles. The Labute approximate surface area is 77.3 Å². The number of rotatable bonds is 2. The second kappa shape index (κ2) is 4.14. The van der Waals surface area contributed by atoms with Crippen molar-refractivity contribution < 1.29 is 9.18 Å². The van der Waals surface area contributed by atoms with Crippen molar-refractivity contribution in [2.75, 3.05) is 0 Å². The van der Waals surface area contributed by atoms with Crippen LogP contribution in [0.4, 0.5) is 4.39 Å². The van der Waals surface area contributed by atoms with Gasteiger partial charge in [0.2, 0.25) is 6.08 Å². The van der Waals surface area contributed by atoms with Gasteiger partial charge in [0, 0.05) is 0 Å². The van der Waals surface area contributed by atoms with Gasteiger partial charge in [-0.05, 0) is 27.6 Å². The highest BCUT2D eigenvalue weighted by Crippen LogP contribution is 2.20. The minimum absolute atomic E-state index is 0.155. The van der Waals surface area contributed by atoms with Crippen molar-refractivity contribution in [3.63, 3.8) is 0 Å². The summed E-state index contributed by atoms with van der Waals surface area (Å²) in [6.45, 7) is 0.155. The Bertz CT molecular complexity index is 334. The van der Waals surface area contributed by atoms with Crippen LogP contribution in [0, 0.1) is 5.82 Å². The summed E-state index contributed by atoms with van der Waals surface area (Å²) in [4.78, 5) is 13.1. The highest BCUT2D eigenvalue weighted by Gasteiger charge is 2.02. The Hall–Kier alpha value is -0.990. The van der Waals surface area contributed by atoms with Gasteiger partial charge in [-0.2, -0.15) is 0 Å². The highest BCUT2D eigenvalue weighted by atomic mass is 79.9. The van der Waals surface area contributed by atoms with Crippen LogP contribution in [0.1, 0.15) is 5.56 Å². The number of aliphatic imine (C=N–C) groups is 1. The molecule has 0 bridgehead atoms. The minimum atomic E-state index is -0.353. The van der Waals surface area contributed by atoms with Crippen molar-refractivity contribution in [2.24, 2.45) is 4.99 Å². The molecule has 0 atom stereocenters. The third-order valence-corrected chi connectivity index (χ3v) is 2.23. The summed E-state index contributed by atoms with van der Waals surface area (Å²) < 4.78 is 13.2. The molecular weight excluding hydrogens is 225 g/mol. The molecular formula is C8H5BrFNO. The number of isocyanates is 1. The average Bonchev–Trinajstić information content (AvgIpc) is 2.08. The van der Waals surface area contributed by atoms with Gasteiger partial charge in [-0.15, -0.1) is 0 Å². The van der Waals surface area contributed by atoms with Crippen LogP contribution >= 0.6 is 15.9 Å². The van der Waals surface area contributed by atoms with E-state index in [0.717, 1.165) is 0 Å². The Balaban J connectivity index is 2.99. The lowest BCUT2D eigenvalue weighted by molar-refractivity contribution is 0.562. The van der Waals surface area contributed by atoms with Gasteiger partial charge in [-0.1, -0.05) is 12.1 Å². The zero-order valence-electron chi connectivity index (χ0n) is 6.05. The predicted octanol–water partition coefficient (Wildman–Crippen LogP) is 2.42. The van der Waals surface area contributed by atoms with E-state index in [1.165, 1.54) is 12.1 Å². The first kappa shape index (κ1) is 9.10. The standard InChI is InChI=1S/C8H5BrFNO/c9-8-6(4-11-5-12)2-1-3-7(8)10/h1-3H,4H2. The third kappa shape index (κ3) is 2.00. The maximum Gasteiger partial charge on any atom is 0.235 e. The molecule has 0 amide bonds. The smallest absolute Gasteiger partial charge is 0.211 e. The number of halogens is 2. The van der Waals surface area contributed by atoms with Crippen LogP contribution < -0.4 is 0 Å². The minimum Gasteiger partial charge on any atom is -0.211 e. The highest BCUT2D eigenvalue weighted by molar-refractivity contribution is 9.10. The first-order valence-corrected chi connectivity index (χ1v) is 4.01. The SMILES string of the molecule is O=C=NCc1cccc(F)c1Br. The van der Waals surface area contributed by atoms with Crippen LogP contribution in [-0.4, -0.2) is 6.08 Å². The molecule has 0 fully saturated rings. The lowest BCUT2D eigenvalue weighted by Crippen LogP contribution is -1.86. The molecule has 4 heteroatoms. The molecule has 0 radical (unpaired) electrons. The maximum atomic E-state index is 12.8. The number of nitrogens with zero attached hydrogens (tertiary/aromatic N) is 1. The van der Waals surface area contributed by atoms with Crippen molar-refractivity contribution in [1.82, 2.24) is 0 Å². The maximum absolute atomic E-state index is 12.8. The molecule has 1 rings (SSSR count). The molecule has 0 aliphatic rings. The first-order chi connectivity index (χ1) is 5.75. The van der Waals surface area contributed by atoms with E-state index in [4.69, 9.17) is 0 Å². The number of carbonyl (C=O) groups excluding carboxylic acids is 1. The fourth-order valence-electron chi connectivity index (χ4n) is 0.788. The third-order valence-electron chi connectivity index (χ3n) is 1.35. The number of hydrogen-bond donors (Lipinski definition) is 0. The van der Waals surface area contributed by atoms with Crippen LogP contribution in [-0.2, 0) is 11.3 Å². The molecule has 0 N–H and O–H groups in total. The summed E-state index contributed by atoms with van der Waals surface area (Å²) in [6, 6.07) is 4.59. The van der Waals surface area contributed by atoms with Crippen molar-refractivity contribution in [3.05, 3.63) is 34.1 Å². The summed E-state index contributed by atoms with van der Waals surface area (Å²) in [5.41, 5.74) is 0.637. The van der Waals surface area contributed by atoms with E-state index in [-0.39, 0.29) is 12.4 Å². The van der Waals surface area contributed by atoms with Gasteiger partial charge >= 0.3 is 0 Å². The average molecular weight is 230 g/mol. The summed E-state index contributed by atoms with van der Waals surface area (Å²) in [6.07, 6.45) is 1.39. The van der Waals surface area contributed by atoms with Crippen LogP contribution in [0.25, 0.3) is 0 Å². The molecule has 0 aromatic heterocycles. The van der Waals surface area contributed by atoms with Gasteiger partial charge in [0.15, 0.2) is 0 Å². The van der Waals surface area contributed by atoms with Gasteiger partial charge in [0.1, 0.15) is 5.82 Å². The molecule has 0 saturated heterocycles. The normalized spacial score (nSPS) is 9.17. The van der Waals surface area contributed by atoms with Crippen LogP contribution in [0.2, 0.25) is 0 Å². The quantitative estimate of drug-likeness (QED) is 0.566. The largest absolute Gasteiger partial charge is 0.235 e. The zero-order chi connectivity index (χ0) is 8.97. The van der Waals surface area contributed by atoms with Gasteiger partial charge in [-0.3, -0.25) is 0 Å². The lowest BCUT2D eigenvalue weighted by Gasteiger charge is -1.99. The van der Waals surface area contributed by atoms with Crippen molar-refractivity contribution >= 4 is 22.0 Å². The van der Waals surface area contributed by atoms with E-state index in [0.29, 0.717) is 10.0 Å². The topological polar surface area (TPSA) is 29.4 Å². The summed E-state index contributed by atoms with van der Waals surface area (Å²) in [5.74, 6) is -0.353. The molecule has 0 unspecified atom stereocenters. The molecule has 62 valence electrons. The summed E-state index contributed by atoms with van der Waals surface area (Å²) in [7, 11) is 0. The van der Waals surface area contributed by atoms with E-state index >= 15 is 0 Å². The Morgan fingerprint density at radius 3 is 3.00 bits per heavy atom. The summed E-state index contributed by atoms with van der Waals surface area (Å²) in [5, 5.41) is 0. The second-order valence-corrected chi connectivity index (χ2v) is 2.91. The molecule has 0 heterocycles. The number of benzene rings is 1. The van der Waals surface area contributed by atoms with Gasteiger partial charge in [0.05, 0.1) is 11.0 Å². The summed E-state index contributed by atoms with van der Waals surface area (Å²) >= 11 is 3.05. The molecule has 1 aromatic rings. The van der Waals surface area contributed by atoms with Gasteiger partial charge < -0.3 is 0 Å². The predicted molar refractivity (Wildman–Crippen MR) is 45.9 cm³/mol. The molecule has 0 aliphatic heterocycles. The molecule has 2 nitrogen and oxygen atoms in total. The zero-order valence-corrected chi connectivity index (χ0v) is 7.64. The van der Waals surface area contributed by atoms with E-state index in [9.17, 15) is 9.18 Å². The van der Waals surface area contributed by atoms with Crippen molar-refractivity contribution in [2.45, 2.75) is 6.54 Å². The molecule has 0 spiro atoms. The van der Waals surface area contributed by atoms with Crippen molar-refractivity contribution in [3.8, 4) is 0 Å². The lowest BCUT2D eigenvalue weighted by atomic mass is 10.2. The first-order valence-electron chi connectivity index (χ1n) is 3.22.